The van der Waals surface area contributed by atoms with Crippen LogP contribution in [0.2, 0.25) is 5.02 Å². The van der Waals surface area contributed by atoms with Gasteiger partial charge in [-0.3, -0.25) is 9.59 Å². The molecule has 1 aliphatic heterocycles. The Hall–Kier alpha value is -2.53. The number of carbonyl (C=O) groups is 2. The van der Waals surface area contributed by atoms with Crippen LogP contribution in [0.15, 0.2) is 36.4 Å². The van der Waals surface area contributed by atoms with Gasteiger partial charge in [0, 0.05) is 23.7 Å². The molecule has 1 aliphatic rings. The molecule has 1 atom stereocenters. The fraction of sp³-hybridized carbons (Fsp3) is 0.300. The Morgan fingerprint density at radius 1 is 1.23 bits per heavy atom. The standard InChI is InChI=1S/C20H21ClN2O3/c1-12-4-7-18(26-3)17(8-12)23-11-14(10-19(23)24)20(25)22-16-6-5-15(21)9-13(16)2/h4-9,14H,10-11H2,1-3H3,(H,22,25). The maximum atomic E-state index is 12.6. The highest BCUT2D eigenvalue weighted by molar-refractivity contribution is 6.30. The number of rotatable bonds is 4. The SMILES string of the molecule is COc1ccc(C)cc1N1CC(C(=O)Nc2ccc(Cl)cc2C)CC1=O. The lowest BCUT2D eigenvalue weighted by Crippen LogP contribution is -2.28. The third kappa shape index (κ3) is 3.68. The number of amides is 2. The molecule has 0 spiro atoms. The zero-order chi connectivity index (χ0) is 18.8. The molecule has 0 saturated carbocycles. The van der Waals surface area contributed by atoms with Crippen molar-refractivity contribution in [1.29, 1.82) is 0 Å². The first-order valence-electron chi connectivity index (χ1n) is 8.41. The molecule has 1 heterocycles. The summed E-state index contributed by atoms with van der Waals surface area (Å²) in [6, 6.07) is 11.0. The van der Waals surface area contributed by atoms with Gasteiger partial charge in [-0.1, -0.05) is 17.7 Å². The lowest BCUT2D eigenvalue weighted by molar-refractivity contribution is -0.122. The molecule has 3 rings (SSSR count). The van der Waals surface area contributed by atoms with Crippen molar-refractivity contribution in [1.82, 2.24) is 0 Å². The number of nitrogens with zero attached hydrogens (tertiary/aromatic N) is 1. The second-order valence-corrected chi connectivity index (χ2v) is 6.97. The van der Waals surface area contributed by atoms with Crippen molar-refractivity contribution in [2.75, 3.05) is 23.9 Å². The minimum atomic E-state index is -0.414. The smallest absolute Gasteiger partial charge is 0.229 e. The summed E-state index contributed by atoms with van der Waals surface area (Å²) in [5.74, 6) is -0.0406. The average molecular weight is 373 g/mol. The number of carbonyl (C=O) groups excluding carboxylic acids is 2. The molecule has 2 aromatic rings. The second kappa shape index (κ2) is 7.38. The van der Waals surface area contributed by atoms with Gasteiger partial charge in [-0.15, -0.1) is 0 Å². The van der Waals surface area contributed by atoms with E-state index in [1.54, 1.807) is 30.2 Å². The monoisotopic (exact) mass is 372 g/mol. The van der Waals surface area contributed by atoms with Crippen LogP contribution < -0.4 is 15.0 Å². The first-order chi connectivity index (χ1) is 12.4. The Bertz CT molecular complexity index is 866. The number of methoxy groups -OCH3 is 1. The first-order valence-corrected chi connectivity index (χ1v) is 8.79. The Morgan fingerprint density at radius 2 is 2.00 bits per heavy atom. The van der Waals surface area contributed by atoms with E-state index in [-0.39, 0.29) is 18.2 Å². The molecule has 5 nitrogen and oxygen atoms in total. The van der Waals surface area contributed by atoms with Gasteiger partial charge < -0.3 is 15.0 Å². The molecule has 136 valence electrons. The van der Waals surface area contributed by atoms with Gasteiger partial charge in [0.2, 0.25) is 11.8 Å². The lowest BCUT2D eigenvalue weighted by Gasteiger charge is -2.20. The molecule has 1 N–H and O–H groups in total. The molecule has 26 heavy (non-hydrogen) atoms. The Balaban J connectivity index is 1.77. The van der Waals surface area contributed by atoms with Crippen LogP contribution in [-0.2, 0) is 9.59 Å². The van der Waals surface area contributed by atoms with Gasteiger partial charge in [0.15, 0.2) is 0 Å². The van der Waals surface area contributed by atoms with Crippen molar-refractivity contribution >= 4 is 34.8 Å². The third-order valence-electron chi connectivity index (χ3n) is 4.57. The lowest BCUT2D eigenvalue weighted by atomic mass is 10.1. The predicted molar refractivity (Wildman–Crippen MR) is 103 cm³/mol. The van der Waals surface area contributed by atoms with Gasteiger partial charge in [0.05, 0.1) is 18.7 Å². The van der Waals surface area contributed by atoms with Crippen molar-refractivity contribution in [3.63, 3.8) is 0 Å². The van der Waals surface area contributed by atoms with Crippen LogP contribution in [0.1, 0.15) is 17.5 Å². The third-order valence-corrected chi connectivity index (χ3v) is 4.80. The summed E-state index contributed by atoms with van der Waals surface area (Å²) in [6.45, 7) is 4.17. The van der Waals surface area contributed by atoms with E-state index in [4.69, 9.17) is 16.3 Å². The van der Waals surface area contributed by atoms with E-state index >= 15 is 0 Å². The zero-order valence-corrected chi connectivity index (χ0v) is 15.8. The van der Waals surface area contributed by atoms with E-state index in [0.717, 1.165) is 11.1 Å². The van der Waals surface area contributed by atoms with Crippen LogP contribution in [0, 0.1) is 19.8 Å². The number of halogens is 1. The van der Waals surface area contributed by atoms with Crippen LogP contribution in [0.3, 0.4) is 0 Å². The van der Waals surface area contributed by atoms with Gasteiger partial charge >= 0.3 is 0 Å². The molecule has 6 heteroatoms. The summed E-state index contributed by atoms with van der Waals surface area (Å²) in [5.41, 5.74) is 3.32. The zero-order valence-electron chi connectivity index (χ0n) is 15.0. The number of nitrogens with one attached hydrogen (secondary N) is 1. The molecular formula is C20H21ClN2O3. The van der Waals surface area contributed by atoms with Gasteiger partial charge in [-0.05, 0) is 55.3 Å². The van der Waals surface area contributed by atoms with Crippen LogP contribution in [0.5, 0.6) is 5.75 Å². The number of aryl methyl sites for hydroxylation is 2. The summed E-state index contributed by atoms with van der Waals surface area (Å²) in [7, 11) is 1.57. The van der Waals surface area contributed by atoms with E-state index in [9.17, 15) is 9.59 Å². The van der Waals surface area contributed by atoms with E-state index < -0.39 is 5.92 Å². The molecule has 1 saturated heterocycles. The Labute approximate surface area is 157 Å². The van der Waals surface area contributed by atoms with Gasteiger partial charge in [0.1, 0.15) is 5.75 Å². The summed E-state index contributed by atoms with van der Waals surface area (Å²) in [4.78, 5) is 26.8. The molecule has 0 aromatic heterocycles. The Kier molecular flexibility index (Phi) is 5.18. The van der Waals surface area contributed by atoms with E-state index in [0.29, 0.717) is 28.7 Å². The van der Waals surface area contributed by atoms with E-state index in [2.05, 4.69) is 5.32 Å². The van der Waals surface area contributed by atoms with E-state index in [1.165, 1.54) is 0 Å². The molecule has 1 fully saturated rings. The number of hydrogen-bond donors (Lipinski definition) is 1. The molecule has 2 amide bonds. The maximum Gasteiger partial charge on any atom is 0.229 e. The van der Waals surface area contributed by atoms with Gasteiger partial charge in [0.25, 0.3) is 0 Å². The van der Waals surface area contributed by atoms with Crippen LogP contribution in [-0.4, -0.2) is 25.5 Å². The summed E-state index contributed by atoms with van der Waals surface area (Å²) >= 11 is 5.95. The van der Waals surface area contributed by atoms with Crippen LogP contribution >= 0.6 is 11.6 Å². The van der Waals surface area contributed by atoms with Crippen molar-refractivity contribution in [3.8, 4) is 5.75 Å². The van der Waals surface area contributed by atoms with E-state index in [1.807, 2.05) is 32.0 Å². The number of anilines is 2. The topological polar surface area (TPSA) is 58.6 Å². The number of ether oxygens (including phenoxy) is 1. The van der Waals surface area contributed by atoms with Gasteiger partial charge in [-0.2, -0.15) is 0 Å². The largest absolute Gasteiger partial charge is 0.495 e. The highest BCUT2D eigenvalue weighted by Gasteiger charge is 2.36. The fourth-order valence-corrected chi connectivity index (χ4v) is 3.36. The summed E-state index contributed by atoms with van der Waals surface area (Å²) in [6.07, 6.45) is 0.176. The molecule has 0 aliphatic carbocycles. The van der Waals surface area contributed by atoms with Crippen molar-refractivity contribution < 1.29 is 14.3 Å². The molecule has 0 bridgehead atoms. The highest BCUT2D eigenvalue weighted by atomic mass is 35.5. The minimum Gasteiger partial charge on any atom is -0.495 e. The molecule has 2 aromatic carbocycles. The highest BCUT2D eigenvalue weighted by Crippen LogP contribution is 2.34. The second-order valence-electron chi connectivity index (χ2n) is 6.53. The summed E-state index contributed by atoms with van der Waals surface area (Å²) < 4.78 is 5.37. The maximum absolute atomic E-state index is 12.6. The first kappa shape index (κ1) is 18.3. The van der Waals surface area contributed by atoms with Gasteiger partial charge in [-0.25, -0.2) is 0 Å². The fourth-order valence-electron chi connectivity index (χ4n) is 3.13. The quantitative estimate of drug-likeness (QED) is 0.883. The van der Waals surface area contributed by atoms with Crippen molar-refractivity contribution in [2.24, 2.45) is 5.92 Å². The van der Waals surface area contributed by atoms with Crippen LogP contribution in [0.25, 0.3) is 0 Å². The molecular weight excluding hydrogens is 352 g/mol. The summed E-state index contributed by atoms with van der Waals surface area (Å²) in [5, 5.41) is 3.52. The predicted octanol–water partition coefficient (Wildman–Crippen LogP) is 3.96. The number of benzene rings is 2. The van der Waals surface area contributed by atoms with Crippen molar-refractivity contribution in [2.45, 2.75) is 20.3 Å². The normalized spacial score (nSPS) is 16.7. The molecule has 1 unspecified atom stereocenters. The minimum absolute atomic E-state index is 0.0816. The number of hydrogen-bond acceptors (Lipinski definition) is 3. The average Bonchev–Trinajstić information content (AvgIpc) is 2.99. The van der Waals surface area contributed by atoms with Crippen molar-refractivity contribution in [3.05, 3.63) is 52.5 Å². The Morgan fingerprint density at radius 3 is 2.69 bits per heavy atom. The van der Waals surface area contributed by atoms with Crippen LogP contribution in [0.4, 0.5) is 11.4 Å². The molecule has 0 radical (unpaired) electrons.